The first-order valence-electron chi connectivity index (χ1n) is 11.4. The van der Waals surface area contributed by atoms with Crippen LogP contribution in [0.4, 0.5) is 0 Å². The minimum absolute atomic E-state index is 0.199. The van der Waals surface area contributed by atoms with Crippen LogP contribution in [0.3, 0.4) is 0 Å². The number of nitrogens with zero attached hydrogens (tertiary/aromatic N) is 1. The van der Waals surface area contributed by atoms with E-state index in [2.05, 4.69) is 6.92 Å². The monoisotopic (exact) mass is 387 g/mol. The van der Waals surface area contributed by atoms with E-state index in [0.717, 1.165) is 19.4 Å². The summed E-state index contributed by atoms with van der Waals surface area (Å²) >= 11 is 0. The molecule has 0 aromatic carbocycles. The van der Waals surface area contributed by atoms with Crippen molar-refractivity contribution in [2.24, 2.45) is 0 Å². The summed E-state index contributed by atoms with van der Waals surface area (Å²) in [5, 5.41) is 17.2. The molecule has 0 fully saturated rings. The van der Waals surface area contributed by atoms with Gasteiger partial charge in [-0.2, -0.15) is 0 Å². The van der Waals surface area contributed by atoms with Crippen molar-refractivity contribution in [3.63, 3.8) is 0 Å². The molecule has 0 heterocycles. The lowest BCUT2D eigenvalue weighted by Gasteiger charge is -2.10. The van der Waals surface area contributed by atoms with Crippen LogP contribution in [0, 0.1) is 0 Å². The van der Waals surface area contributed by atoms with E-state index in [0.29, 0.717) is 6.42 Å². The minimum atomic E-state index is -0.653. The molecule has 4 nitrogen and oxygen atoms in total. The van der Waals surface area contributed by atoms with Gasteiger partial charge in [0.2, 0.25) is 0 Å². The smallest absolute Gasteiger partial charge is 0.303 e. The summed E-state index contributed by atoms with van der Waals surface area (Å²) in [6, 6.07) is 0. The molecule has 0 aliphatic rings. The maximum Gasteiger partial charge on any atom is 0.303 e. The number of hydrogen-bond acceptors (Lipinski definition) is 3. The highest BCUT2D eigenvalue weighted by atomic mass is 16.4. The molecular formula is C23H49NO3. The molecule has 4 heteroatoms. The van der Waals surface area contributed by atoms with E-state index in [1.54, 1.807) is 6.92 Å². The molecule has 0 radical (unpaired) electrons. The second-order valence-electron chi connectivity index (χ2n) is 8.20. The highest BCUT2D eigenvalue weighted by Gasteiger charge is 1.97. The van der Waals surface area contributed by atoms with Gasteiger partial charge in [0.15, 0.2) is 0 Å². The van der Waals surface area contributed by atoms with Crippen LogP contribution in [-0.4, -0.2) is 47.8 Å². The molecule has 1 unspecified atom stereocenters. The van der Waals surface area contributed by atoms with Gasteiger partial charge in [0.1, 0.15) is 0 Å². The zero-order valence-electron chi connectivity index (χ0n) is 18.8. The fourth-order valence-corrected chi connectivity index (χ4v) is 3.18. The first-order chi connectivity index (χ1) is 12.9. The molecule has 0 aliphatic carbocycles. The van der Waals surface area contributed by atoms with Crippen molar-refractivity contribution in [3.8, 4) is 0 Å². The predicted molar refractivity (Wildman–Crippen MR) is 117 cm³/mol. The number of aliphatic hydroxyl groups is 1. The zero-order valence-corrected chi connectivity index (χ0v) is 18.8. The second kappa shape index (κ2) is 23.4. The van der Waals surface area contributed by atoms with E-state index in [4.69, 9.17) is 10.2 Å². The molecule has 0 aromatic heterocycles. The molecular weight excluding hydrogens is 338 g/mol. The third-order valence-electron chi connectivity index (χ3n) is 4.62. The summed E-state index contributed by atoms with van der Waals surface area (Å²) < 4.78 is 0. The third-order valence-corrected chi connectivity index (χ3v) is 4.62. The quantitative estimate of drug-likeness (QED) is 0.272. The van der Waals surface area contributed by atoms with Gasteiger partial charge in [-0.05, 0) is 27.4 Å². The van der Waals surface area contributed by atoms with Crippen LogP contribution < -0.4 is 0 Å². The fraction of sp³-hybridized carbons (Fsp3) is 0.957. The Morgan fingerprint density at radius 3 is 1.30 bits per heavy atom. The maximum atomic E-state index is 10.3. The van der Waals surface area contributed by atoms with Gasteiger partial charge in [0.25, 0.3) is 0 Å². The van der Waals surface area contributed by atoms with Crippen molar-refractivity contribution in [1.82, 2.24) is 4.90 Å². The van der Waals surface area contributed by atoms with Crippen LogP contribution in [0.2, 0.25) is 0 Å². The van der Waals surface area contributed by atoms with E-state index >= 15 is 0 Å². The number of hydrogen-bond donors (Lipinski definition) is 2. The Morgan fingerprint density at radius 2 is 1.07 bits per heavy atom. The predicted octanol–water partition coefficient (Wildman–Crippen LogP) is 6.26. The van der Waals surface area contributed by atoms with Gasteiger partial charge in [-0.3, -0.25) is 4.79 Å². The van der Waals surface area contributed by atoms with E-state index in [1.165, 1.54) is 83.5 Å². The first kappa shape index (κ1) is 28.6. The Bertz CT molecular complexity index is 287. The number of unbranched alkanes of at least 4 members (excludes halogenated alkanes) is 14. The van der Waals surface area contributed by atoms with Gasteiger partial charge in [-0.1, -0.05) is 96.8 Å². The molecule has 2 N–H and O–H groups in total. The number of carbonyl (C=O) groups is 1. The number of aliphatic hydroxyl groups excluding tert-OH is 1. The minimum Gasteiger partial charge on any atom is -0.481 e. The summed E-state index contributed by atoms with van der Waals surface area (Å²) in [6.45, 7) is 4.80. The van der Waals surface area contributed by atoms with E-state index in [9.17, 15) is 4.79 Å². The molecule has 0 saturated heterocycles. The standard InChI is InChI=1S/C18H36O2.C5H13NO/c1-2-3-4-5-6-7-8-9-10-11-12-13-14-15-16-17-18(19)20;1-5(7)4-6(2)3/h2-17H2,1H3,(H,19,20);5,7H,4H2,1-3H3. The Hall–Kier alpha value is -0.610. The molecule has 0 rings (SSSR count). The normalized spacial score (nSPS) is 11.9. The lowest BCUT2D eigenvalue weighted by atomic mass is 10.0. The van der Waals surface area contributed by atoms with Crippen LogP contribution in [0.15, 0.2) is 0 Å². The Balaban J connectivity index is 0. The van der Waals surface area contributed by atoms with E-state index < -0.39 is 5.97 Å². The SMILES string of the molecule is CC(O)CN(C)C.CCCCCCCCCCCCCCCCCC(=O)O. The van der Waals surface area contributed by atoms with Gasteiger partial charge in [0.05, 0.1) is 6.10 Å². The van der Waals surface area contributed by atoms with Crippen molar-refractivity contribution in [3.05, 3.63) is 0 Å². The summed E-state index contributed by atoms with van der Waals surface area (Å²) in [5.41, 5.74) is 0. The van der Waals surface area contributed by atoms with Crippen LogP contribution in [0.5, 0.6) is 0 Å². The van der Waals surface area contributed by atoms with Crippen molar-refractivity contribution in [1.29, 1.82) is 0 Å². The molecule has 0 saturated carbocycles. The van der Waals surface area contributed by atoms with Crippen molar-refractivity contribution in [2.45, 2.75) is 123 Å². The molecule has 0 aliphatic heterocycles. The number of likely N-dealkylation sites (N-methyl/N-ethyl adjacent to an activating group) is 1. The summed E-state index contributed by atoms with van der Waals surface area (Å²) in [7, 11) is 3.87. The first-order valence-corrected chi connectivity index (χ1v) is 11.4. The van der Waals surface area contributed by atoms with Crippen LogP contribution in [-0.2, 0) is 4.79 Å². The molecule has 1 atom stereocenters. The highest BCUT2D eigenvalue weighted by Crippen LogP contribution is 2.13. The molecule has 27 heavy (non-hydrogen) atoms. The van der Waals surface area contributed by atoms with Crippen LogP contribution >= 0.6 is 0 Å². The Morgan fingerprint density at radius 1 is 0.741 bits per heavy atom. The molecule has 0 amide bonds. The van der Waals surface area contributed by atoms with Gasteiger partial charge in [-0.15, -0.1) is 0 Å². The fourth-order valence-electron chi connectivity index (χ4n) is 3.18. The average molecular weight is 388 g/mol. The van der Waals surface area contributed by atoms with E-state index in [-0.39, 0.29) is 6.10 Å². The average Bonchev–Trinajstić information content (AvgIpc) is 2.57. The van der Waals surface area contributed by atoms with Gasteiger partial charge in [-0.25, -0.2) is 0 Å². The van der Waals surface area contributed by atoms with Gasteiger partial charge in [0, 0.05) is 13.0 Å². The Kier molecular flexibility index (Phi) is 24.8. The summed E-state index contributed by atoms with van der Waals surface area (Å²) in [4.78, 5) is 12.3. The van der Waals surface area contributed by atoms with Crippen LogP contribution in [0.25, 0.3) is 0 Å². The number of rotatable bonds is 18. The number of carboxylic acids is 1. The van der Waals surface area contributed by atoms with Crippen molar-refractivity contribution >= 4 is 5.97 Å². The molecule has 0 aromatic rings. The summed E-state index contributed by atoms with van der Waals surface area (Å²) in [5.74, 6) is -0.653. The molecule has 164 valence electrons. The van der Waals surface area contributed by atoms with Crippen LogP contribution in [0.1, 0.15) is 117 Å². The lowest BCUT2D eigenvalue weighted by molar-refractivity contribution is -0.137. The largest absolute Gasteiger partial charge is 0.481 e. The Labute approximate surface area is 169 Å². The number of carboxylic acid groups (broad SMARTS) is 1. The van der Waals surface area contributed by atoms with E-state index in [1.807, 2.05) is 19.0 Å². The second-order valence-corrected chi connectivity index (χ2v) is 8.20. The highest BCUT2D eigenvalue weighted by molar-refractivity contribution is 5.66. The topological polar surface area (TPSA) is 60.8 Å². The van der Waals surface area contributed by atoms with Crippen molar-refractivity contribution < 1.29 is 15.0 Å². The summed E-state index contributed by atoms with van der Waals surface area (Å²) in [6.07, 6.45) is 20.0. The molecule has 0 bridgehead atoms. The van der Waals surface area contributed by atoms with Crippen molar-refractivity contribution in [2.75, 3.05) is 20.6 Å². The van der Waals surface area contributed by atoms with Gasteiger partial charge >= 0.3 is 5.97 Å². The van der Waals surface area contributed by atoms with Gasteiger partial charge < -0.3 is 15.1 Å². The lowest BCUT2D eigenvalue weighted by Crippen LogP contribution is -2.22. The third kappa shape index (κ3) is 33.4. The maximum absolute atomic E-state index is 10.3. The zero-order chi connectivity index (χ0) is 20.8. The molecule has 0 spiro atoms. The number of aliphatic carboxylic acids is 1.